The zero-order valence-corrected chi connectivity index (χ0v) is 65.9. The van der Waals surface area contributed by atoms with Crippen molar-refractivity contribution in [3.8, 4) is 0 Å². The number of aliphatic hydroxyl groups is 1. The van der Waals surface area contributed by atoms with Gasteiger partial charge in [-0.15, -0.1) is 0 Å². The van der Waals surface area contributed by atoms with Gasteiger partial charge in [0.05, 0.1) is 26.4 Å². The van der Waals surface area contributed by atoms with Gasteiger partial charge in [0.25, 0.3) is 0 Å². The number of rotatable bonds is 78. The standard InChI is InChI=1S/C80H152O17P2/c1-6-10-13-16-18-20-22-24-26-29-34-37-41-45-49-54-59-64-78(83)91-70-76(97-80(85)66-61-56-51-47-43-39-35-31-28-27-30-33-36-40-44-48-53-57-62-73(5)9-4)72-95-99(88,89)93-68-74(81)67-92-98(86,87)94-71-75(69-90-77(82)63-58-52-15-12-8-3)96-79(84)65-60-55-50-46-42-38-32-25-23-21-19-17-14-11-7-2/h21,23,25,32,73-76,81H,6-20,22,24,26-31,33-72H2,1-5H3,(H,86,87)(H,88,89)/b23-21-,32-25-/t73?,74-,75+,76+/m0/s1. The highest BCUT2D eigenvalue weighted by atomic mass is 31.2. The van der Waals surface area contributed by atoms with Crippen LogP contribution < -0.4 is 0 Å². The van der Waals surface area contributed by atoms with Gasteiger partial charge < -0.3 is 33.8 Å². The minimum Gasteiger partial charge on any atom is -0.462 e. The van der Waals surface area contributed by atoms with E-state index in [1.54, 1.807) is 0 Å². The van der Waals surface area contributed by atoms with E-state index in [0.29, 0.717) is 25.7 Å². The number of allylic oxidation sites excluding steroid dienone is 4. The maximum absolute atomic E-state index is 13.1. The number of hydrogen-bond donors (Lipinski definition) is 3. The van der Waals surface area contributed by atoms with Crippen molar-refractivity contribution in [3.63, 3.8) is 0 Å². The molecule has 0 amide bonds. The van der Waals surface area contributed by atoms with Crippen LogP contribution in [0.25, 0.3) is 0 Å². The van der Waals surface area contributed by atoms with Crippen molar-refractivity contribution in [1.82, 2.24) is 0 Å². The molecule has 0 bridgehead atoms. The number of phosphoric acid groups is 2. The van der Waals surface area contributed by atoms with E-state index >= 15 is 0 Å². The fourth-order valence-electron chi connectivity index (χ4n) is 11.8. The molecule has 19 heteroatoms. The lowest BCUT2D eigenvalue weighted by atomic mass is 9.99. The van der Waals surface area contributed by atoms with E-state index in [1.807, 2.05) is 0 Å². The van der Waals surface area contributed by atoms with Crippen molar-refractivity contribution in [2.75, 3.05) is 39.6 Å². The zero-order chi connectivity index (χ0) is 72.7. The summed E-state index contributed by atoms with van der Waals surface area (Å²) in [6.45, 7) is 7.23. The van der Waals surface area contributed by atoms with Crippen LogP contribution >= 0.6 is 15.6 Å². The number of esters is 4. The number of aliphatic hydroxyl groups excluding tert-OH is 1. The number of ether oxygens (including phenoxy) is 4. The van der Waals surface area contributed by atoms with Crippen molar-refractivity contribution in [2.24, 2.45) is 5.92 Å². The second kappa shape index (κ2) is 72.5. The molecule has 0 spiro atoms. The summed E-state index contributed by atoms with van der Waals surface area (Å²) in [5, 5.41) is 10.6. The highest BCUT2D eigenvalue weighted by Crippen LogP contribution is 2.45. The van der Waals surface area contributed by atoms with Crippen LogP contribution in [0.5, 0.6) is 0 Å². The Morgan fingerprint density at radius 3 is 0.859 bits per heavy atom. The third kappa shape index (κ3) is 72.3. The summed E-state index contributed by atoms with van der Waals surface area (Å²) in [7, 11) is -9.92. The predicted molar refractivity (Wildman–Crippen MR) is 404 cm³/mol. The summed E-state index contributed by atoms with van der Waals surface area (Å²) < 4.78 is 68.4. The Labute approximate surface area is 605 Å². The molecule has 584 valence electrons. The van der Waals surface area contributed by atoms with E-state index < -0.39 is 97.5 Å². The first-order chi connectivity index (χ1) is 48.1. The van der Waals surface area contributed by atoms with Gasteiger partial charge in [0.2, 0.25) is 0 Å². The third-order valence-corrected chi connectivity index (χ3v) is 20.4. The molecule has 0 heterocycles. The largest absolute Gasteiger partial charge is 0.472 e. The minimum atomic E-state index is -4.96. The van der Waals surface area contributed by atoms with Gasteiger partial charge in [-0.1, -0.05) is 348 Å². The first-order valence-corrected chi connectivity index (χ1v) is 44.0. The SMILES string of the molecule is CCCCCC/C=C\C=C/CCCCCCCC(=O)O[C@H](COC(=O)CCCCCCC)COP(=O)(O)OC[C@H](O)COP(=O)(O)OC[C@@H](COC(=O)CCCCCCCCCCCCCCCCCCC)OC(=O)CCCCCCCCCCCCCCCCCCCCC(C)CC. The topological polar surface area (TPSA) is 237 Å². The second-order valence-corrected chi connectivity index (χ2v) is 31.3. The smallest absolute Gasteiger partial charge is 0.462 e. The minimum absolute atomic E-state index is 0.0845. The first-order valence-electron chi connectivity index (χ1n) is 41.0. The molecule has 0 rings (SSSR count). The summed E-state index contributed by atoms with van der Waals surface area (Å²) in [5.41, 5.74) is 0. The fourth-order valence-corrected chi connectivity index (χ4v) is 13.4. The molecule has 0 fully saturated rings. The molecule has 0 saturated heterocycles. The van der Waals surface area contributed by atoms with Gasteiger partial charge >= 0.3 is 39.5 Å². The molecular formula is C80H152O17P2. The van der Waals surface area contributed by atoms with E-state index in [-0.39, 0.29) is 25.7 Å². The maximum Gasteiger partial charge on any atom is 0.472 e. The molecule has 6 atom stereocenters. The fraction of sp³-hybridized carbons (Fsp3) is 0.900. The molecule has 0 aromatic heterocycles. The Morgan fingerprint density at radius 2 is 0.566 bits per heavy atom. The van der Waals surface area contributed by atoms with Crippen LogP contribution in [0.2, 0.25) is 0 Å². The van der Waals surface area contributed by atoms with Gasteiger partial charge in [-0.2, -0.15) is 0 Å². The molecular weight excluding hydrogens is 1290 g/mol. The highest BCUT2D eigenvalue weighted by molar-refractivity contribution is 7.47. The Morgan fingerprint density at radius 1 is 0.323 bits per heavy atom. The molecule has 0 radical (unpaired) electrons. The number of carbonyl (C=O) groups excluding carboxylic acids is 4. The first kappa shape index (κ1) is 96.5. The van der Waals surface area contributed by atoms with E-state index in [0.717, 1.165) is 115 Å². The Hall–Kier alpha value is -2.46. The Balaban J connectivity index is 5.14. The van der Waals surface area contributed by atoms with E-state index in [9.17, 15) is 43.2 Å². The Bertz CT molecular complexity index is 1990. The lowest BCUT2D eigenvalue weighted by Gasteiger charge is -2.21. The van der Waals surface area contributed by atoms with Gasteiger partial charge in [0.15, 0.2) is 12.2 Å². The summed E-state index contributed by atoms with van der Waals surface area (Å²) in [4.78, 5) is 72.6. The molecule has 0 aromatic carbocycles. The number of carbonyl (C=O) groups is 4. The Kier molecular flexibility index (Phi) is 70.7. The average Bonchev–Trinajstić information content (AvgIpc) is 1.50. The molecule has 0 aliphatic heterocycles. The molecule has 0 saturated carbocycles. The summed E-state index contributed by atoms with van der Waals surface area (Å²) >= 11 is 0. The van der Waals surface area contributed by atoms with E-state index in [1.165, 1.54) is 205 Å². The van der Waals surface area contributed by atoms with Crippen LogP contribution in [-0.2, 0) is 65.4 Å². The van der Waals surface area contributed by atoms with Crippen molar-refractivity contribution < 1.29 is 80.2 Å². The van der Waals surface area contributed by atoms with Gasteiger partial charge in [-0.25, -0.2) is 9.13 Å². The van der Waals surface area contributed by atoms with E-state index in [2.05, 4.69) is 58.9 Å². The normalized spacial score (nSPS) is 14.3. The molecule has 3 N–H and O–H groups in total. The van der Waals surface area contributed by atoms with Gasteiger partial charge in [-0.3, -0.25) is 37.3 Å². The van der Waals surface area contributed by atoms with Crippen molar-refractivity contribution in [1.29, 1.82) is 0 Å². The van der Waals surface area contributed by atoms with Crippen molar-refractivity contribution >= 4 is 39.5 Å². The molecule has 0 aliphatic carbocycles. The predicted octanol–water partition coefficient (Wildman–Crippen LogP) is 23.6. The van der Waals surface area contributed by atoms with Crippen LogP contribution in [0.1, 0.15) is 401 Å². The average molecular weight is 1450 g/mol. The summed E-state index contributed by atoms with van der Waals surface area (Å²) in [6, 6.07) is 0. The van der Waals surface area contributed by atoms with Gasteiger partial charge in [0.1, 0.15) is 19.3 Å². The van der Waals surface area contributed by atoms with Crippen LogP contribution in [0, 0.1) is 5.92 Å². The number of unbranched alkanes of at least 4 members (excludes halogenated alkanes) is 46. The lowest BCUT2D eigenvalue weighted by Crippen LogP contribution is -2.30. The molecule has 0 aliphatic rings. The van der Waals surface area contributed by atoms with Crippen LogP contribution in [0.3, 0.4) is 0 Å². The number of phosphoric ester groups is 2. The molecule has 0 aromatic rings. The summed E-state index contributed by atoms with van der Waals surface area (Å²) in [5.74, 6) is -1.28. The lowest BCUT2D eigenvalue weighted by molar-refractivity contribution is -0.161. The van der Waals surface area contributed by atoms with Crippen LogP contribution in [0.15, 0.2) is 24.3 Å². The quantitative estimate of drug-likeness (QED) is 0.0169. The monoisotopic (exact) mass is 1450 g/mol. The van der Waals surface area contributed by atoms with Gasteiger partial charge in [-0.05, 0) is 57.3 Å². The third-order valence-electron chi connectivity index (χ3n) is 18.5. The van der Waals surface area contributed by atoms with Crippen molar-refractivity contribution in [2.45, 2.75) is 419 Å². The molecule has 99 heavy (non-hydrogen) atoms. The van der Waals surface area contributed by atoms with Crippen molar-refractivity contribution in [3.05, 3.63) is 24.3 Å². The van der Waals surface area contributed by atoms with Crippen LogP contribution in [0.4, 0.5) is 0 Å². The summed E-state index contributed by atoms with van der Waals surface area (Å²) in [6.07, 6.45) is 66.5. The second-order valence-electron chi connectivity index (χ2n) is 28.4. The zero-order valence-electron chi connectivity index (χ0n) is 64.1. The highest BCUT2D eigenvalue weighted by Gasteiger charge is 2.30. The van der Waals surface area contributed by atoms with E-state index in [4.69, 9.17) is 37.0 Å². The number of hydrogen-bond acceptors (Lipinski definition) is 15. The molecule has 3 unspecified atom stereocenters. The van der Waals surface area contributed by atoms with Gasteiger partial charge in [0, 0.05) is 25.7 Å². The molecule has 17 nitrogen and oxygen atoms in total. The van der Waals surface area contributed by atoms with Crippen LogP contribution in [-0.4, -0.2) is 96.7 Å². The maximum atomic E-state index is 13.1.